The molecule has 3 aromatic rings. The molecular formula is C38H50FN2O6P. The van der Waals surface area contributed by atoms with Gasteiger partial charge in [0.05, 0.1) is 63.4 Å². The Hall–Kier alpha value is -2.55. The van der Waals surface area contributed by atoms with Gasteiger partial charge in [0.15, 0.2) is 0 Å². The number of rotatable bonds is 17. The Morgan fingerprint density at radius 3 is 2.38 bits per heavy atom. The van der Waals surface area contributed by atoms with E-state index >= 15 is 4.39 Å². The zero-order valence-electron chi connectivity index (χ0n) is 28.5. The van der Waals surface area contributed by atoms with Crippen molar-refractivity contribution in [2.45, 2.75) is 103 Å². The molecule has 4 fully saturated rings. The molecular weight excluding hydrogens is 630 g/mol. The van der Waals surface area contributed by atoms with Gasteiger partial charge in [-0.25, -0.2) is 13.9 Å². The Morgan fingerprint density at radius 2 is 1.71 bits per heavy atom. The number of nitrogens with zero attached hydrogens (tertiary/aromatic N) is 2. The molecule has 0 radical (unpaired) electrons. The molecule has 2 heterocycles. The fourth-order valence-corrected chi connectivity index (χ4v) is 10.9. The monoisotopic (exact) mass is 680 g/mol. The van der Waals surface area contributed by atoms with Crippen LogP contribution < -0.4 is 4.74 Å². The van der Waals surface area contributed by atoms with Crippen LogP contribution in [0.1, 0.15) is 95.2 Å². The van der Waals surface area contributed by atoms with E-state index in [1.165, 1.54) is 6.07 Å². The van der Waals surface area contributed by atoms with E-state index in [1.54, 1.807) is 25.7 Å². The van der Waals surface area contributed by atoms with E-state index in [2.05, 4.69) is 35.5 Å². The van der Waals surface area contributed by atoms with E-state index in [0.717, 1.165) is 80.4 Å². The van der Waals surface area contributed by atoms with Crippen molar-refractivity contribution in [2.24, 2.45) is 23.2 Å². The number of phosphoric acid groups is 1. The van der Waals surface area contributed by atoms with Crippen LogP contribution >= 0.6 is 7.82 Å². The van der Waals surface area contributed by atoms with Gasteiger partial charge in [0.25, 0.3) is 0 Å². The van der Waals surface area contributed by atoms with E-state index in [-0.39, 0.29) is 23.4 Å². The SMILES string of the molecule is CCCCOP(=O)(OCCCC)OC(CC1c2c(F)cccc2-c2cncn21)C12CC3CC(C1)C(OCc1ccc(OC)cc1)C(C3)C2. The van der Waals surface area contributed by atoms with Crippen molar-refractivity contribution in [1.82, 2.24) is 9.55 Å². The molecule has 5 aliphatic rings. The normalized spacial score (nSPS) is 27.6. The lowest BCUT2D eigenvalue weighted by molar-refractivity contribution is -0.191. The molecule has 4 saturated carbocycles. The Balaban J connectivity index is 1.19. The molecule has 0 spiro atoms. The fourth-order valence-electron chi connectivity index (χ4n) is 9.36. The first-order valence-corrected chi connectivity index (χ1v) is 19.4. The quantitative estimate of drug-likeness (QED) is 0.104. The molecule has 2 aromatic carbocycles. The number of benzene rings is 2. The lowest BCUT2D eigenvalue weighted by atomic mass is 9.46. The van der Waals surface area contributed by atoms with Gasteiger partial charge >= 0.3 is 7.82 Å². The number of hydrogen-bond donors (Lipinski definition) is 0. The van der Waals surface area contributed by atoms with Crippen LogP contribution in [-0.2, 0) is 29.5 Å². The lowest BCUT2D eigenvalue weighted by Gasteiger charge is -2.62. The fraction of sp³-hybridized carbons (Fsp3) is 0.605. The topological polar surface area (TPSA) is 81.0 Å². The van der Waals surface area contributed by atoms with Crippen molar-refractivity contribution in [3.63, 3.8) is 0 Å². The van der Waals surface area contributed by atoms with E-state index in [1.807, 2.05) is 18.2 Å². The predicted octanol–water partition coefficient (Wildman–Crippen LogP) is 9.53. The Labute approximate surface area is 284 Å². The highest BCUT2D eigenvalue weighted by atomic mass is 31.2. The van der Waals surface area contributed by atoms with Crippen LogP contribution in [0.3, 0.4) is 0 Å². The highest BCUT2D eigenvalue weighted by Gasteiger charge is 2.60. The van der Waals surface area contributed by atoms with Crippen LogP contribution in [0, 0.1) is 29.0 Å². The summed E-state index contributed by atoms with van der Waals surface area (Å²) in [4.78, 5) is 4.43. The number of phosphoric ester groups is 1. The largest absolute Gasteiger partial charge is 0.497 e. The first kappa shape index (κ1) is 33.9. The molecule has 260 valence electrons. The Bertz CT molecular complexity index is 1570. The second kappa shape index (κ2) is 14.4. The molecule has 48 heavy (non-hydrogen) atoms. The molecule has 4 aliphatic carbocycles. The highest BCUT2D eigenvalue weighted by Crippen LogP contribution is 2.66. The first-order chi connectivity index (χ1) is 23.3. The number of methoxy groups -OCH3 is 1. The van der Waals surface area contributed by atoms with Crippen molar-refractivity contribution in [2.75, 3.05) is 20.3 Å². The summed E-state index contributed by atoms with van der Waals surface area (Å²) in [6, 6.07) is 13.0. The van der Waals surface area contributed by atoms with Gasteiger partial charge < -0.3 is 14.0 Å². The van der Waals surface area contributed by atoms with Crippen LogP contribution in [0.5, 0.6) is 5.75 Å². The minimum atomic E-state index is -3.92. The average Bonchev–Trinajstić information content (AvgIpc) is 3.67. The Morgan fingerprint density at radius 1 is 1.00 bits per heavy atom. The molecule has 0 saturated heterocycles. The molecule has 10 heteroatoms. The van der Waals surface area contributed by atoms with E-state index in [9.17, 15) is 4.57 Å². The van der Waals surface area contributed by atoms with Crippen molar-refractivity contribution < 1.29 is 32.0 Å². The lowest BCUT2D eigenvalue weighted by Crippen LogP contribution is -2.58. The molecule has 4 bridgehead atoms. The smallest absolute Gasteiger partial charge is 0.475 e. The zero-order valence-corrected chi connectivity index (χ0v) is 29.4. The van der Waals surface area contributed by atoms with Gasteiger partial charge in [-0.15, -0.1) is 0 Å². The number of ether oxygens (including phenoxy) is 2. The summed E-state index contributed by atoms with van der Waals surface area (Å²) >= 11 is 0. The maximum atomic E-state index is 15.7. The molecule has 1 aliphatic heterocycles. The second-order valence-electron chi connectivity index (χ2n) is 14.5. The number of hydrogen-bond acceptors (Lipinski definition) is 7. The van der Waals surface area contributed by atoms with Crippen molar-refractivity contribution in [3.05, 3.63) is 71.9 Å². The third-order valence-electron chi connectivity index (χ3n) is 11.4. The van der Waals surface area contributed by atoms with Crippen LogP contribution in [0.2, 0.25) is 0 Å². The summed E-state index contributed by atoms with van der Waals surface area (Å²) in [6.45, 7) is 5.33. The molecule has 0 N–H and O–H groups in total. The van der Waals surface area contributed by atoms with E-state index in [4.69, 9.17) is 23.0 Å². The van der Waals surface area contributed by atoms with Crippen LogP contribution in [0.25, 0.3) is 11.3 Å². The van der Waals surface area contributed by atoms with Crippen LogP contribution in [0.4, 0.5) is 4.39 Å². The summed E-state index contributed by atoms with van der Waals surface area (Å²) in [6.07, 6.45) is 12.2. The number of halogens is 1. The maximum Gasteiger partial charge on any atom is 0.475 e. The van der Waals surface area contributed by atoms with Crippen molar-refractivity contribution >= 4 is 7.82 Å². The van der Waals surface area contributed by atoms with Gasteiger partial charge in [-0.05, 0) is 98.3 Å². The average molecular weight is 681 g/mol. The summed E-state index contributed by atoms with van der Waals surface area (Å²) in [5.41, 5.74) is 3.29. The molecule has 8 rings (SSSR count). The highest BCUT2D eigenvalue weighted by molar-refractivity contribution is 7.48. The molecule has 0 amide bonds. The third-order valence-corrected chi connectivity index (χ3v) is 12.9. The van der Waals surface area contributed by atoms with Gasteiger partial charge in [-0.3, -0.25) is 13.6 Å². The maximum absolute atomic E-state index is 15.7. The van der Waals surface area contributed by atoms with Gasteiger partial charge in [0.2, 0.25) is 0 Å². The van der Waals surface area contributed by atoms with Gasteiger partial charge in [0.1, 0.15) is 11.6 Å². The molecule has 1 aromatic heterocycles. The minimum Gasteiger partial charge on any atom is -0.497 e. The first-order valence-electron chi connectivity index (χ1n) is 18.0. The van der Waals surface area contributed by atoms with Crippen molar-refractivity contribution in [1.29, 1.82) is 0 Å². The van der Waals surface area contributed by atoms with E-state index in [0.29, 0.717) is 49.6 Å². The summed E-state index contributed by atoms with van der Waals surface area (Å²) in [5, 5.41) is 0. The number of imidazole rings is 1. The standard InChI is InChI=1S/C38H50FN2O6P/c1-4-6-15-45-48(42,46-16-7-5-2)47-35(19-33-36-31(9-8-10-32(36)39)34-23-40-25-41(33)34)38-20-27-17-28(21-38)37(29(18-27)22-38)44-24-26-11-13-30(43-3)14-12-26/h8-14,23,25,27-29,33,35,37H,4-7,15-22,24H2,1-3H3. The predicted molar refractivity (Wildman–Crippen MR) is 182 cm³/mol. The molecule has 8 nitrogen and oxygen atoms in total. The second-order valence-corrected chi connectivity index (χ2v) is 16.1. The number of fused-ring (bicyclic) bond motifs is 3. The van der Waals surface area contributed by atoms with Crippen LogP contribution in [-0.4, -0.2) is 42.1 Å². The summed E-state index contributed by atoms with van der Waals surface area (Å²) in [7, 11) is -2.24. The number of aromatic nitrogens is 2. The number of unbranched alkanes of at least 4 members (excludes halogenated alkanes) is 2. The molecule has 4 unspecified atom stereocenters. The third kappa shape index (κ3) is 6.66. The minimum absolute atomic E-state index is 0.163. The summed E-state index contributed by atoms with van der Waals surface area (Å²) < 4.78 is 63.2. The van der Waals surface area contributed by atoms with Gasteiger partial charge in [0, 0.05) is 11.1 Å². The van der Waals surface area contributed by atoms with E-state index < -0.39 is 13.9 Å². The van der Waals surface area contributed by atoms with Crippen molar-refractivity contribution in [3.8, 4) is 17.0 Å². The van der Waals surface area contributed by atoms with Gasteiger partial charge in [-0.1, -0.05) is 51.0 Å². The zero-order chi connectivity index (χ0) is 33.3. The van der Waals surface area contributed by atoms with Crippen LogP contribution in [0.15, 0.2) is 55.0 Å². The summed E-state index contributed by atoms with van der Waals surface area (Å²) in [5.74, 6) is 1.90. The molecule has 4 atom stereocenters. The van der Waals surface area contributed by atoms with Gasteiger partial charge in [-0.2, -0.15) is 0 Å². The Kier molecular flexibility index (Phi) is 10.1.